The average molecular weight is 653 g/mol. The summed E-state index contributed by atoms with van der Waals surface area (Å²) in [7, 11) is 0. The summed E-state index contributed by atoms with van der Waals surface area (Å²) in [6, 6.07) is 5.10. The first-order chi connectivity index (χ1) is 20.1. The topological polar surface area (TPSA) is 241 Å². The monoisotopic (exact) mass is 652 g/mol. The number of hydrogen-bond acceptors (Lipinski definition) is 15. The number of benzene rings is 1. The van der Waals surface area contributed by atoms with Crippen molar-refractivity contribution in [1.82, 2.24) is 39.8 Å². The highest BCUT2D eigenvalue weighted by Crippen LogP contribution is 2.41. The molecule has 17 nitrogen and oxygen atoms in total. The molecule has 0 radical (unpaired) electrons. The number of nitrogens with zero attached hydrogens (tertiary/aromatic N) is 8. The van der Waals surface area contributed by atoms with Crippen LogP contribution in [0.4, 0.5) is 5.13 Å². The first-order valence-corrected chi connectivity index (χ1v) is 14.7. The number of carbonyl (C=O) groups excluding carboxylic acids is 2. The number of hydrogen-bond donors (Lipinski definition) is 4. The number of carboxylic acid groups (broad SMARTS) is 2. The van der Waals surface area contributed by atoms with Gasteiger partial charge in [0.15, 0.2) is 10.9 Å². The number of nitrogen functional groups attached to an aromatic ring is 1. The molecule has 0 bridgehead atoms. The number of anilines is 1. The van der Waals surface area contributed by atoms with Crippen LogP contribution in [0.1, 0.15) is 5.82 Å². The number of β-lactam (4-membered cyclic amide) rings is 1. The summed E-state index contributed by atoms with van der Waals surface area (Å²) in [5.74, 6) is -3.55. The van der Waals surface area contributed by atoms with Crippen molar-refractivity contribution < 1.29 is 34.2 Å². The van der Waals surface area contributed by atoms with Gasteiger partial charge in [-0.3, -0.25) is 19.3 Å². The van der Waals surface area contributed by atoms with Crippen molar-refractivity contribution in [3.8, 4) is 5.75 Å². The lowest BCUT2D eigenvalue weighted by atomic mass is 10.0. The zero-order valence-corrected chi connectivity index (χ0v) is 24.0. The van der Waals surface area contributed by atoms with Crippen molar-refractivity contribution in [2.75, 3.05) is 17.2 Å². The number of carboxylic acids is 2. The summed E-state index contributed by atoms with van der Waals surface area (Å²) in [4.78, 5) is 60.0. The van der Waals surface area contributed by atoms with Crippen LogP contribution in [0.25, 0.3) is 0 Å². The first-order valence-electron chi connectivity index (χ1n) is 11.5. The van der Waals surface area contributed by atoms with Crippen LogP contribution in [-0.2, 0) is 25.7 Å². The molecule has 218 valence electrons. The van der Waals surface area contributed by atoms with Crippen LogP contribution in [0.15, 0.2) is 45.8 Å². The molecule has 0 aliphatic carbocycles. The second-order valence-corrected chi connectivity index (χ2v) is 11.6. The lowest BCUT2D eigenvalue weighted by Crippen LogP contribution is -2.71. The molecule has 2 atom stereocenters. The van der Waals surface area contributed by atoms with Gasteiger partial charge in [0.25, 0.3) is 11.8 Å². The molecule has 1 unspecified atom stereocenters. The van der Waals surface area contributed by atoms with Crippen molar-refractivity contribution in [1.29, 1.82) is 0 Å². The first kappa shape index (κ1) is 29.2. The van der Waals surface area contributed by atoms with E-state index in [0.29, 0.717) is 10.6 Å². The Balaban J connectivity index is 1.31. The van der Waals surface area contributed by atoms with Crippen LogP contribution in [0, 0.1) is 0 Å². The van der Waals surface area contributed by atoms with Crippen molar-refractivity contribution in [2.45, 2.75) is 23.1 Å². The van der Waals surface area contributed by atoms with Crippen LogP contribution in [0.5, 0.6) is 5.75 Å². The third kappa shape index (κ3) is 6.15. The van der Waals surface area contributed by atoms with Gasteiger partial charge in [-0.05, 0) is 40.3 Å². The molecule has 5 rings (SSSR count). The van der Waals surface area contributed by atoms with E-state index in [4.69, 9.17) is 27.3 Å². The smallest absolute Gasteiger partial charge is 0.352 e. The lowest BCUT2D eigenvalue weighted by molar-refractivity contribution is -0.150. The van der Waals surface area contributed by atoms with Gasteiger partial charge in [-0.15, -0.1) is 16.9 Å². The summed E-state index contributed by atoms with van der Waals surface area (Å²) in [5, 5.41) is 36.2. The van der Waals surface area contributed by atoms with Gasteiger partial charge in [-0.25, -0.2) is 9.48 Å². The Morgan fingerprint density at radius 3 is 2.69 bits per heavy atom. The van der Waals surface area contributed by atoms with Gasteiger partial charge in [-0.1, -0.05) is 28.5 Å². The molecule has 2 aliphatic heterocycles. The number of halogens is 1. The fraction of sp³-hybridized carbons (Fsp3) is 0.238. The summed E-state index contributed by atoms with van der Waals surface area (Å²) in [6.07, 6.45) is 0. The van der Waals surface area contributed by atoms with E-state index in [-0.39, 0.29) is 44.8 Å². The molecule has 2 aliphatic rings. The van der Waals surface area contributed by atoms with Crippen molar-refractivity contribution in [3.63, 3.8) is 0 Å². The number of oxime groups is 1. The molecule has 1 saturated heterocycles. The summed E-state index contributed by atoms with van der Waals surface area (Å²) in [5.41, 5.74) is 5.49. The molecule has 4 heterocycles. The Labute approximate surface area is 252 Å². The minimum Gasteiger partial charge on any atom is -0.480 e. The van der Waals surface area contributed by atoms with E-state index in [1.165, 1.54) is 23.9 Å². The second-order valence-electron chi connectivity index (χ2n) is 8.36. The van der Waals surface area contributed by atoms with Crippen LogP contribution >= 0.6 is 46.7 Å². The van der Waals surface area contributed by atoms with Crippen LogP contribution in [-0.4, -0.2) is 97.1 Å². The highest BCUT2D eigenvalue weighted by atomic mass is 35.5. The van der Waals surface area contributed by atoms with E-state index in [1.54, 1.807) is 12.1 Å². The van der Waals surface area contributed by atoms with Gasteiger partial charge >= 0.3 is 11.9 Å². The Hall–Kier alpha value is -4.27. The molecule has 0 saturated carbocycles. The van der Waals surface area contributed by atoms with E-state index >= 15 is 0 Å². The predicted octanol–water partition coefficient (Wildman–Crippen LogP) is 0.159. The molecular weight excluding hydrogens is 636 g/mol. The Bertz CT molecular complexity index is 1630. The molecule has 21 heteroatoms. The fourth-order valence-electron chi connectivity index (χ4n) is 3.79. The standard InChI is InChI=1S/C21H17ClN10O7S3/c22-9-1-3-10(4-2-9)39-27-12(15-25-20(23)42-28-15)16(35)24-13-17(36)32-14(19(37)38)8(6-40-18(13)32)7-41-21-26-29-30-31(21)5-11(33)34/h1-4,13,18H,5-7H2,(H,24,35)(H,33,34)(H,37,38)(H2,23,25,28)/t13?,18-/m0/s1. The van der Waals surface area contributed by atoms with E-state index < -0.39 is 41.7 Å². The molecule has 5 N–H and O–H groups in total. The quantitative estimate of drug-likeness (QED) is 0.0933. The van der Waals surface area contributed by atoms with Gasteiger partial charge in [-0.2, -0.15) is 9.36 Å². The molecule has 0 spiro atoms. The van der Waals surface area contributed by atoms with Crippen LogP contribution in [0.2, 0.25) is 5.02 Å². The number of tetrazole rings is 1. The van der Waals surface area contributed by atoms with Crippen molar-refractivity contribution in [3.05, 3.63) is 46.4 Å². The number of nitrogens with two attached hydrogens (primary N) is 1. The van der Waals surface area contributed by atoms with Gasteiger partial charge < -0.3 is 26.1 Å². The van der Waals surface area contributed by atoms with E-state index in [9.17, 15) is 24.3 Å². The maximum atomic E-state index is 13.2. The fourth-order valence-corrected chi connectivity index (χ4v) is 6.71. The summed E-state index contributed by atoms with van der Waals surface area (Å²) in [6.45, 7) is -0.470. The lowest BCUT2D eigenvalue weighted by Gasteiger charge is -2.49. The SMILES string of the molecule is Nc1nc(C(=NOc2ccc(Cl)cc2)C(=O)NC2C(=O)N3C(C(=O)O)=C(CSc4nnnn4CC(=O)O)CS[C@@H]23)ns1. The summed E-state index contributed by atoms with van der Waals surface area (Å²) < 4.78 is 5.06. The predicted molar refractivity (Wildman–Crippen MR) is 149 cm³/mol. The highest BCUT2D eigenvalue weighted by Gasteiger charge is 2.54. The Kier molecular flexibility index (Phi) is 8.56. The van der Waals surface area contributed by atoms with Gasteiger partial charge in [0, 0.05) is 28.1 Å². The maximum absolute atomic E-state index is 13.2. The van der Waals surface area contributed by atoms with Crippen molar-refractivity contribution >= 4 is 81.3 Å². The third-order valence-electron chi connectivity index (χ3n) is 5.62. The average Bonchev–Trinajstić information content (AvgIpc) is 3.58. The number of fused-ring (bicyclic) bond motifs is 1. The number of rotatable bonds is 11. The number of amides is 2. The molecular formula is C21H17ClN10O7S3. The molecule has 2 aromatic heterocycles. The van der Waals surface area contributed by atoms with Gasteiger partial charge in [0.05, 0.1) is 0 Å². The van der Waals surface area contributed by atoms with Gasteiger partial charge in [0.2, 0.25) is 16.7 Å². The zero-order chi connectivity index (χ0) is 30.0. The second kappa shape index (κ2) is 12.3. The highest BCUT2D eigenvalue weighted by molar-refractivity contribution is 8.01. The zero-order valence-electron chi connectivity index (χ0n) is 20.8. The molecule has 42 heavy (non-hydrogen) atoms. The number of thioether (sulfide) groups is 2. The van der Waals surface area contributed by atoms with E-state index in [2.05, 4.69) is 35.4 Å². The third-order valence-corrected chi connectivity index (χ3v) is 8.80. The number of aliphatic carboxylic acids is 2. The Morgan fingerprint density at radius 1 is 1.26 bits per heavy atom. The number of nitrogens with one attached hydrogen (secondary N) is 1. The van der Waals surface area contributed by atoms with E-state index in [1.807, 2.05) is 0 Å². The van der Waals surface area contributed by atoms with E-state index in [0.717, 1.165) is 32.9 Å². The molecule has 3 aromatic rings. The summed E-state index contributed by atoms with van der Waals surface area (Å²) >= 11 is 8.98. The minimum absolute atomic E-state index is 0.0735. The molecule has 2 amide bonds. The number of aromatic nitrogens is 6. The van der Waals surface area contributed by atoms with Crippen LogP contribution in [0.3, 0.4) is 0 Å². The van der Waals surface area contributed by atoms with Crippen LogP contribution < -0.4 is 15.9 Å². The molecule has 1 aromatic carbocycles. The number of carbonyl (C=O) groups is 4. The normalized spacial score (nSPS) is 18.4. The largest absolute Gasteiger partial charge is 0.480 e. The van der Waals surface area contributed by atoms with Crippen molar-refractivity contribution in [2.24, 2.45) is 5.16 Å². The van der Waals surface area contributed by atoms with Gasteiger partial charge in [0.1, 0.15) is 23.7 Å². The molecule has 1 fully saturated rings. The Morgan fingerprint density at radius 2 is 2.02 bits per heavy atom. The maximum Gasteiger partial charge on any atom is 0.352 e. The minimum atomic E-state index is -1.33.